The van der Waals surface area contributed by atoms with Crippen LogP contribution in [0.15, 0.2) is 11.4 Å². The second kappa shape index (κ2) is 4.23. The first-order chi connectivity index (χ1) is 7.73. The molecule has 1 aliphatic rings. The second-order valence-electron chi connectivity index (χ2n) is 5.93. The molecule has 0 amide bonds. The van der Waals surface area contributed by atoms with Crippen molar-refractivity contribution in [3.05, 3.63) is 21.3 Å². The highest BCUT2D eigenvalue weighted by Gasteiger charge is 2.48. The van der Waals surface area contributed by atoms with Crippen molar-refractivity contribution in [2.24, 2.45) is 11.7 Å². The van der Waals surface area contributed by atoms with Gasteiger partial charge in [-0.05, 0) is 45.6 Å². The van der Waals surface area contributed by atoms with Crippen molar-refractivity contribution in [1.29, 1.82) is 0 Å². The van der Waals surface area contributed by atoms with E-state index in [4.69, 9.17) is 22.1 Å². The summed E-state index contributed by atoms with van der Waals surface area (Å²) < 4.78 is 6.09. The molecule has 1 aromatic heterocycles. The van der Waals surface area contributed by atoms with Crippen LogP contribution in [0.5, 0.6) is 0 Å². The number of hydrogen-bond donors (Lipinski definition) is 1. The quantitative estimate of drug-likeness (QED) is 0.884. The fourth-order valence-corrected chi connectivity index (χ4v) is 4.14. The molecular formula is C13H20ClNOS. The topological polar surface area (TPSA) is 35.2 Å². The van der Waals surface area contributed by atoms with Crippen molar-refractivity contribution in [1.82, 2.24) is 0 Å². The third kappa shape index (κ3) is 2.53. The summed E-state index contributed by atoms with van der Waals surface area (Å²) >= 11 is 7.80. The molecule has 0 aliphatic carbocycles. The predicted molar refractivity (Wildman–Crippen MR) is 73.6 cm³/mol. The molecule has 1 saturated heterocycles. The van der Waals surface area contributed by atoms with E-state index in [1.54, 1.807) is 11.3 Å². The zero-order chi connectivity index (χ0) is 12.8. The van der Waals surface area contributed by atoms with Crippen LogP contribution in [0.4, 0.5) is 0 Å². The average molecular weight is 274 g/mol. The Morgan fingerprint density at radius 3 is 2.53 bits per heavy atom. The summed E-state index contributed by atoms with van der Waals surface area (Å²) in [7, 11) is 0. The highest BCUT2D eigenvalue weighted by Crippen LogP contribution is 2.48. The molecular weight excluding hydrogens is 254 g/mol. The summed E-state index contributed by atoms with van der Waals surface area (Å²) in [5.41, 5.74) is 6.09. The van der Waals surface area contributed by atoms with Gasteiger partial charge in [-0.3, -0.25) is 0 Å². The van der Waals surface area contributed by atoms with Crippen LogP contribution < -0.4 is 5.73 Å². The zero-order valence-corrected chi connectivity index (χ0v) is 12.4. The molecule has 2 nitrogen and oxygen atoms in total. The van der Waals surface area contributed by atoms with Gasteiger partial charge in [0.25, 0.3) is 0 Å². The molecule has 2 atom stereocenters. The first-order valence-electron chi connectivity index (χ1n) is 5.91. The molecule has 0 bridgehead atoms. The molecule has 0 spiro atoms. The van der Waals surface area contributed by atoms with E-state index in [1.807, 2.05) is 11.4 Å². The molecule has 1 aromatic rings. The summed E-state index contributed by atoms with van der Waals surface area (Å²) in [5, 5.41) is 2.77. The van der Waals surface area contributed by atoms with E-state index < -0.39 is 0 Å². The molecule has 1 fully saturated rings. The summed E-state index contributed by atoms with van der Waals surface area (Å²) in [6, 6.07) is 1.87. The van der Waals surface area contributed by atoms with Gasteiger partial charge in [0.05, 0.1) is 16.2 Å². The second-order valence-corrected chi connectivity index (χ2v) is 7.29. The van der Waals surface area contributed by atoms with Gasteiger partial charge in [0.2, 0.25) is 0 Å². The Kier molecular flexibility index (Phi) is 3.32. The predicted octanol–water partition coefficient (Wildman–Crippen LogP) is 4.00. The fraction of sp³-hybridized carbons (Fsp3) is 0.692. The van der Waals surface area contributed by atoms with Crippen LogP contribution in [0.1, 0.15) is 45.0 Å². The lowest BCUT2D eigenvalue weighted by Crippen LogP contribution is -2.35. The van der Waals surface area contributed by atoms with Gasteiger partial charge in [-0.15, -0.1) is 11.3 Å². The van der Waals surface area contributed by atoms with Gasteiger partial charge in [0, 0.05) is 16.8 Å². The van der Waals surface area contributed by atoms with E-state index in [9.17, 15) is 0 Å². The standard InChI is InChI=1S/C13H20ClNOS/c1-12(2)7-8(13(3,4)16-12)10(15)11-9(14)5-6-17-11/h5-6,8,10H,7,15H2,1-4H3. The number of rotatable bonds is 2. The summed E-state index contributed by atoms with van der Waals surface area (Å²) in [6.45, 7) is 8.48. The van der Waals surface area contributed by atoms with Gasteiger partial charge in [-0.2, -0.15) is 0 Å². The van der Waals surface area contributed by atoms with E-state index in [0.717, 1.165) is 16.3 Å². The van der Waals surface area contributed by atoms with Crippen LogP contribution in [-0.2, 0) is 4.74 Å². The van der Waals surface area contributed by atoms with Crippen molar-refractivity contribution in [3.63, 3.8) is 0 Å². The van der Waals surface area contributed by atoms with Crippen molar-refractivity contribution >= 4 is 22.9 Å². The summed E-state index contributed by atoms with van der Waals surface area (Å²) in [4.78, 5) is 1.08. The van der Waals surface area contributed by atoms with Crippen molar-refractivity contribution < 1.29 is 4.74 Å². The first kappa shape index (κ1) is 13.3. The molecule has 17 heavy (non-hydrogen) atoms. The highest BCUT2D eigenvalue weighted by molar-refractivity contribution is 7.10. The number of halogens is 1. The van der Waals surface area contributed by atoms with Crippen molar-refractivity contribution in [2.45, 2.75) is 51.4 Å². The van der Waals surface area contributed by atoms with E-state index in [1.165, 1.54) is 0 Å². The largest absolute Gasteiger partial charge is 0.369 e. The van der Waals surface area contributed by atoms with Crippen LogP contribution in [0.3, 0.4) is 0 Å². The lowest BCUT2D eigenvalue weighted by atomic mass is 9.81. The molecule has 96 valence electrons. The van der Waals surface area contributed by atoms with Crippen molar-refractivity contribution in [3.8, 4) is 0 Å². The average Bonchev–Trinajstić information content (AvgIpc) is 2.66. The minimum Gasteiger partial charge on any atom is -0.369 e. The molecule has 2 rings (SSSR count). The van der Waals surface area contributed by atoms with Crippen LogP contribution >= 0.6 is 22.9 Å². The van der Waals surface area contributed by atoms with Gasteiger partial charge >= 0.3 is 0 Å². The molecule has 2 heterocycles. The Morgan fingerprint density at radius 1 is 1.47 bits per heavy atom. The van der Waals surface area contributed by atoms with Crippen LogP contribution in [-0.4, -0.2) is 11.2 Å². The monoisotopic (exact) mass is 273 g/mol. The minimum absolute atomic E-state index is 0.0423. The lowest BCUT2D eigenvalue weighted by Gasteiger charge is -2.30. The molecule has 2 unspecified atom stereocenters. The molecule has 0 saturated carbocycles. The summed E-state index contributed by atoms with van der Waals surface area (Å²) in [6.07, 6.45) is 0.968. The molecule has 0 aromatic carbocycles. The van der Waals surface area contributed by atoms with E-state index in [0.29, 0.717) is 5.92 Å². The lowest BCUT2D eigenvalue weighted by molar-refractivity contribution is -0.0766. The van der Waals surface area contributed by atoms with Gasteiger partial charge in [-0.25, -0.2) is 0 Å². The number of nitrogens with two attached hydrogens (primary N) is 1. The Morgan fingerprint density at radius 2 is 2.12 bits per heavy atom. The van der Waals surface area contributed by atoms with Crippen LogP contribution in [0.2, 0.25) is 5.02 Å². The maximum atomic E-state index is 6.39. The first-order valence-corrected chi connectivity index (χ1v) is 7.17. The fourth-order valence-electron chi connectivity index (χ4n) is 2.89. The normalized spacial score (nSPS) is 28.2. The van der Waals surface area contributed by atoms with Gasteiger partial charge in [0.15, 0.2) is 0 Å². The van der Waals surface area contributed by atoms with Gasteiger partial charge in [0.1, 0.15) is 0 Å². The highest BCUT2D eigenvalue weighted by atomic mass is 35.5. The van der Waals surface area contributed by atoms with E-state index in [-0.39, 0.29) is 17.2 Å². The molecule has 1 aliphatic heterocycles. The minimum atomic E-state index is -0.198. The van der Waals surface area contributed by atoms with Crippen LogP contribution in [0.25, 0.3) is 0 Å². The number of hydrogen-bond acceptors (Lipinski definition) is 3. The third-order valence-corrected chi connectivity index (χ3v) is 4.98. The number of thiophene rings is 1. The maximum Gasteiger partial charge on any atom is 0.0681 e. The third-order valence-electron chi connectivity index (χ3n) is 3.52. The van der Waals surface area contributed by atoms with E-state index in [2.05, 4.69) is 27.7 Å². The Labute approximate surface area is 112 Å². The summed E-state index contributed by atoms with van der Waals surface area (Å²) in [5.74, 6) is 0.300. The van der Waals surface area contributed by atoms with Crippen molar-refractivity contribution in [2.75, 3.05) is 0 Å². The Bertz CT molecular complexity index is 413. The molecule has 4 heteroatoms. The maximum absolute atomic E-state index is 6.39. The Balaban J connectivity index is 2.26. The van der Waals surface area contributed by atoms with Crippen LogP contribution in [0, 0.1) is 5.92 Å². The molecule has 0 radical (unpaired) electrons. The van der Waals surface area contributed by atoms with Gasteiger partial charge in [-0.1, -0.05) is 11.6 Å². The smallest absolute Gasteiger partial charge is 0.0681 e. The van der Waals surface area contributed by atoms with E-state index >= 15 is 0 Å². The number of ether oxygens (including phenoxy) is 1. The zero-order valence-electron chi connectivity index (χ0n) is 10.8. The van der Waals surface area contributed by atoms with Gasteiger partial charge < -0.3 is 10.5 Å². The SMILES string of the molecule is CC1(C)CC(C(N)c2sccc2Cl)C(C)(C)O1. The molecule has 2 N–H and O–H groups in total. The Hall–Kier alpha value is -0.0900.